The number of hydrogen-bond donors (Lipinski definition) is 1. The van der Waals surface area contributed by atoms with Gasteiger partial charge in [0, 0.05) is 0 Å². The second kappa shape index (κ2) is 7.75. The summed E-state index contributed by atoms with van der Waals surface area (Å²) in [6, 6.07) is 6.09. The number of amides is 1. The summed E-state index contributed by atoms with van der Waals surface area (Å²) in [5.41, 5.74) is 0.626. The van der Waals surface area contributed by atoms with Gasteiger partial charge in [-0.25, -0.2) is 4.79 Å². The van der Waals surface area contributed by atoms with Crippen LogP contribution in [-0.4, -0.2) is 31.6 Å². The minimum atomic E-state index is -0.877. The molecule has 20 heavy (non-hydrogen) atoms. The van der Waals surface area contributed by atoms with Gasteiger partial charge in [-0.3, -0.25) is 4.79 Å². The summed E-state index contributed by atoms with van der Waals surface area (Å²) >= 11 is 6.07. The third-order valence-electron chi connectivity index (χ3n) is 2.64. The molecule has 0 aliphatic rings. The SMILES string of the molecule is CCOC(=O)C(C)NC(=O)C(Cl)c1ccc(OC)cc1. The molecule has 0 saturated carbocycles. The Kier molecular flexibility index (Phi) is 6.31. The molecule has 0 radical (unpaired) electrons. The van der Waals surface area contributed by atoms with Crippen molar-refractivity contribution in [1.29, 1.82) is 0 Å². The van der Waals surface area contributed by atoms with Gasteiger partial charge in [0.2, 0.25) is 5.91 Å². The summed E-state index contributed by atoms with van der Waals surface area (Å²) in [6.45, 7) is 3.52. The van der Waals surface area contributed by atoms with Gasteiger partial charge in [-0.15, -0.1) is 11.6 Å². The van der Waals surface area contributed by atoms with Crippen molar-refractivity contribution in [3.8, 4) is 5.75 Å². The second-order valence-corrected chi connectivity index (χ2v) is 4.55. The number of rotatable bonds is 6. The molecule has 1 aromatic carbocycles. The predicted molar refractivity (Wildman–Crippen MR) is 75.8 cm³/mol. The van der Waals surface area contributed by atoms with Crippen LogP contribution in [0.15, 0.2) is 24.3 Å². The normalized spacial score (nSPS) is 13.2. The predicted octanol–water partition coefficient (Wildman–Crippen LogP) is 2.04. The van der Waals surface area contributed by atoms with E-state index < -0.39 is 23.3 Å². The van der Waals surface area contributed by atoms with E-state index in [-0.39, 0.29) is 6.61 Å². The molecule has 2 unspecified atom stereocenters. The van der Waals surface area contributed by atoms with Crippen molar-refractivity contribution in [2.75, 3.05) is 13.7 Å². The first kappa shape index (κ1) is 16.3. The Morgan fingerprint density at radius 1 is 1.30 bits per heavy atom. The Morgan fingerprint density at radius 3 is 2.40 bits per heavy atom. The van der Waals surface area contributed by atoms with Crippen LogP contribution in [0.5, 0.6) is 5.75 Å². The molecule has 1 rings (SSSR count). The molecule has 0 aliphatic carbocycles. The van der Waals surface area contributed by atoms with Crippen LogP contribution < -0.4 is 10.1 Å². The second-order valence-electron chi connectivity index (χ2n) is 4.12. The van der Waals surface area contributed by atoms with Crippen molar-refractivity contribution >= 4 is 23.5 Å². The third kappa shape index (κ3) is 4.42. The van der Waals surface area contributed by atoms with Crippen LogP contribution in [0.4, 0.5) is 0 Å². The Labute approximate surface area is 123 Å². The van der Waals surface area contributed by atoms with Crippen LogP contribution in [-0.2, 0) is 14.3 Å². The highest BCUT2D eigenvalue weighted by molar-refractivity contribution is 6.30. The number of esters is 1. The summed E-state index contributed by atoms with van der Waals surface area (Å²) in [4.78, 5) is 23.4. The molecule has 0 saturated heterocycles. The lowest BCUT2D eigenvalue weighted by molar-refractivity contribution is -0.146. The highest BCUT2D eigenvalue weighted by Gasteiger charge is 2.23. The Hall–Kier alpha value is -1.75. The zero-order valence-corrected chi connectivity index (χ0v) is 12.4. The molecular formula is C14H18ClNO4. The van der Waals surface area contributed by atoms with E-state index in [1.165, 1.54) is 0 Å². The van der Waals surface area contributed by atoms with Gasteiger partial charge in [0.25, 0.3) is 0 Å². The quantitative estimate of drug-likeness (QED) is 0.645. The zero-order valence-electron chi connectivity index (χ0n) is 11.7. The van der Waals surface area contributed by atoms with Gasteiger partial charge in [-0.1, -0.05) is 12.1 Å². The van der Waals surface area contributed by atoms with Crippen LogP contribution in [0.1, 0.15) is 24.8 Å². The first-order chi connectivity index (χ1) is 9.49. The standard InChI is InChI=1S/C14H18ClNO4/c1-4-20-14(18)9(2)16-13(17)12(15)10-5-7-11(19-3)8-6-10/h5-9,12H,4H2,1-3H3,(H,16,17). The van der Waals surface area contributed by atoms with Gasteiger partial charge < -0.3 is 14.8 Å². The molecule has 1 amide bonds. The molecule has 6 heteroatoms. The maximum atomic E-state index is 11.9. The van der Waals surface area contributed by atoms with Gasteiger partial charge >= 0.3 is 5.97 Å². The van der Waals surface area contributed by atoms with Gasteiger partial charge in [-0.2, -0.15) is 0 Å². The molecule has 0 aliphatic heterocycles. The minimum Gasteiger partial charge on any atom is -0.497 e. The molecule has 1 aromatic rings. The molecule has 2 atom stereocenters. The van der Waals surface area contributed by atoms with Crippen molar-refractivity contribution < 1.29 is 19.1 Å². The number of ether oxygens (including phenoxy) is 2. The lowest BCUT2D eigenvalue weighted by Crippen LogP contribution is -2.41. The number of hydrogen-bond acceptors (Lipinski definition) is 4. The lowest BCUT2D eigenvalue weighted by Gasteiger charge is -2.15. The van der Waals surface area contributed by atoms with Crippen LogP contribution in [0.2, 0.25) is 0 Å². The van der Waals surface area contributed by atoms with E-state index >= 15 is 0 Å². The largest absolute Gasteiger partial charge is 0.497 e. The fourth-order valence-electron chi connectivity index (χ4n) is 1.54. The summed E-state index contributed by atoms with van der Waals surface area (Å²) in [6.07, 6.45) is 0. The minimum absolute atomic E-state index is 0.266. The molecule has 0 spiro atoms. The average molecular weight is 300 g/mol. The van der Waals surface area contributed by atoms with Crippen LogP contribution in [0.3, 0.4) is 0 Å². The van der Waals surface area contributed by atoms with Crippen LogP contribution in [0, 0.1) is 0 Å². The number of carbonyl (C=O) groups excluding carboxylic acids is 2. The fourth-order valence-corrected chi connectivity index (χ4v) is 1.75. The first-order valence-corrected chi connectivity index (χ1v) is 6.68. The highest BCUT2D eigenvalue weighted by atomic mass is 35.5. The number of methoxy groups -OCH3 is 1. The molecule has 0 heterocycles. The molecule has 0 aromatic heterocycles. The fraction of sp³-hybridized carbons (Fsp3) is 0.429. The van der Waals surface area contributed by atoms with Crippen LogP contribution in [0.25, 0.3) is 0 Å². The number of benzene rings is 1. The Bertz CT molecular complexity index is 461. The molecular weight excluding hydrogens is 282 g/mol. The molecule has 1 N–H and O–H groups in total. The first-order valence-electron chi connectivity index (χ1n) is 6.24. The Balaban J connectivity index is 2.64. The molecule has 110 valence electrons. The zero-order chi connectivity index (χ0) is 15.1. The van der Waals surface area contributed by atoms with Crippen LogP contribution >= 0.6 is 11.6 Å². The Morgan fingerprint density at radius 2 is 1.90 bits per heavy atom. The number of nitrogens with one attached hydrogen (secondary N) is 1. The van der Waals surface area contributed by atoms with Gasteiger partial charge in [0.1, 0.15) is 17.2 Å². The topological polar surface area (TPSA) is 64.6 Å². The van der Waals surface area contributed by atoms with Crippen molar-refractivity contribution in [3.63, 3.8) is 0 Å². The molecule has 5 nitrogen and oxygen atoms in total. The maximum absolute atomic E-state index is 11.9. The van der Waals surface area contributed by atoms with E-state index in [1.807, 2.05) is 0 Å². The van der Waals surface area contributed by atoms with Gasteiger partial charge in [0.05, 0.1) is 13.7 Å². The third-order valence-corrected chi connectivity index (χ3v) is 3.09. The maximum Gasteiger partial charge on any atom is 0.328 e. The van der Waals surface area contributed by atoms with Crippen molar-refractivity contribution in [1.82, 2.24) is 5.32 Å². The van der Waals surface area contributed by atoms with Crippen molar-refractivity contribution in [2.45, 2.75) is 25.3 Å². The highest BCUT2D eigenvalue weighted by Crippen LogP contribution is 2.23. The van der Waals surface area contributed by atoms with E-state index in [0.29, 0.717) is 11.3 Å². The van der Waals surface area contributed by atoms with E-state index in [0.717, 1.165) is 0 Å². The van der Waals surface area contributed by atoms with Crippen molar-refractivity contribution in [3.05, 3.63) is 29.8 Å². The average Bonchev–Trinajstić information content (AvgIpc) is 2.46. The molecule has 0 fully saturated rings. The van der Waals surface area contributed by atoms with Crippen molar-refractivity contribution in [2.24, 2.45) is 0 Å². The monoisotopic (exact) mass is 299 g/mol. The summed E-state index contributed by atoms with van der Waals surface area (Å²) in [5, 5.41) is 1.64. The van der Waals surface area contributed by atoms with E-state index in [2.05, 4.69) is 5.32 Å². The summed E-state index contributed by atoms with van der Waals surface area (Å²) < 4.78 is 9.83. The summed E-state index contributed by atoms with van der Waals surface area (Å²) in [7, 11) is 1.56. The van der Waals surface area contributed by atoms with Gasteiger partial charge in [0.15, 0.2) is 0 Å². The number of alkyl halides is 1. The lowest BCUT2D eigenvalue weighted by atomic mass is 10.1. The molecule has 0 bridgehead atoms. The van der Waals surface area contributed by atoms with Gasteiger partial charge in [-0.05, 0) is 31.5 Å². The van der Waals surface area contributed by atoms with E-state index in [1.54, 1.807) is 45.2 Å². The smallest absolute Gasteiger partial charge is 0.328 e. The van der Waals surface area contributed by atoms with E-state index in [4.69, 9.17) is 21.1 Å². The number of halogens is 1. The number of carbonyl (C=O) groups is 2. The van der Waals surface area contributed by atoms with E-state index in [9.17, 15) is 9.59 Å². The summed E-state index contributed by atoms with van der Waals surface area (Å²) in [5.74, 6) is -0.255.